The van der Waals surface area contributed by atoms with Crippen molar-refractivity contribution in [3.8, 4) is 17.2 Å². The lowest BCUT2D eigenvalue weighted by Gasteiger charge is -2.30. The van der Waals surface area contributed by atoms with E-state index in [0.29, 0.717) is 36.9 Å². The van der Waals surface area contributed by atoms with Crippen molar-refractivity contribution in [3.63, 3.8) is 0 Å². The number of benzene rings is 3. The Balaban J connectivity index is 1.42. The van der Waals surface area contributed by atoms with E-state index in [1.807, 2.05) is 68.5 Å². The molecule has 0 atom stereocenters. The van der Waals surface area contributed by atoms with Gasteiger partial charge in [0.1, 0.15) is 24.0 Å². The molecule has 32 heavy (non-hydrogen) atoms. The van der Waals surface area contributed by atoms with Crippen molar-refractivity contribution < 1.29 is 19.0 Å². The maximum Gasteiger partial charge on any atom is 0.231 e. The number of para-hydroxylation sites is 1. The lowest BCUT2D eigenvalue weighted by Crippen LogP contribution is -2.32. The van der Waals surface area contributed by atoms with Crippen molar-refractivity contribution in [2.75, 3.05) is 13.8 Å². The van der Waals surface area contributed by atoms with Crippen LogP contribution >= 0.6 is 0 Å². The Bertz CT molecular complexity index is 1240. The minimum absolute atomic E-state index is 0.0886. The van der Waals surface area contributed by atoms with Gasteiger partial charge in [-0.3, -0.25) is 9.69 Å². The maximum absolute atomic E-state index is 13.1. The van der Waals surface area contributed by atoms with Crippen molar-refractivity contribution >= 4 is 11.9 Å². The van der Waals surface area contributed by atoms with Crippen LogP contribution in [0.2, 0.25) is 0 Å². The molecule has 0 amide bonds. The van der Waals surface area contributed by atoms with Gasteiger partial charge in [0.15, 0.2) is 5.76 Å². The Kier molecular flexibility index (Phi) is 5.19. The molecule has 2 aliphatic rings. The summed E-state index contributed by atoms with van der Waals surface area (Å²) in [4.78, 5) is 15.3. The van der Waals surface area contributed by atoms with E-state index < -0.39 is 0 Å². The highest BCUT2D eigenvalue weighted by Gasteiger charge is 2.33. The van der Waals surface area contributed by atoms with Gasteiger partial charge >= 0.3 is 0 Å². The molecular weight excluding hydrogens is 402 g/mol. The molecule has 0 aromatic heterocycles. The van der Waals surface area contributed by atoms with Gasteiger partial charge in [0.2, 0.25) is 5.78 Å². The molecule has 162 valence electrons. The van der Waals surface area contributed by atoms with E-state index in [9.17, 15) is 4.79 Å². The number of rotatable bonds is 4. The van der Waals surface area contributed by atoms with Gasteiger partial charge in [-0.1, -0.05) is 48.0 Å². The summed E-state index contributed by atoms with van der Waals surface area (Å²) in [5, 5.41) is 0. The summed E-state index contributed by atoms with van der Waals surface area (Å²) in [6.07, 6.45) is 1.81. The van der Waals surface area contributed by atoms with E-state index >= 15 is 0 Å². The van der Waals surface area contributed by atoms with Gasteiger partial charge in [-0.25, -0.2) is 0 Å². The van der Waals surface area contributed by atoms with E-state index in [2.05, 4.69) is 11.0 Å². The molecule has 0 aliphatic carbocycles. The molecule has 3 aromatic rings. The number of methoxy groups -OCH3 is 1. The lowest BCUT2D eigenvalue weighted by atomic mass is 9.99. The third-order valence-corrected chi connectivity index (χ3v) is 5.93. The fraction of sp³-hybridized carbons (Fsp3) is 0.222. The van der Waals surface area contributed by atoms with Gasteiger partial charge in [-0.15, -0.1) is 0 Å². The third kappa shape index (κ3) is 3.65. The van der Waals surface area contributed by atoms with Crippen molar-refractivity contribution in [1.29, 1.82) is 0 Å². The molecule has 0 saturated carbocycles. The fourth-order valence-electron chi connectivity index (χ4n) is 4.38. The molecule has 5 rings (SSSR count). The molecule has 0 N–H and O–H groups in total. The van der Waals surface area contributed by atoms with E-state index in [-0.39, 0.29) is 5.78 Å². The van der Waals surface area contributed by atoms with Crippen LogP contribution in [0.5, 0.6) is 17.2 Å². The lowest BCUT2D eigenvalue weighted by molar-refractivity contribution is 0.0869. The van der Waals surface area contributed by atoms with Crippen molar-refractivity contribution in [2.45, 2.75) is 26.9 Å². The number of Topliss-reactive ketones (excluding diaryl/α,β-unsaturated/α-hetero) is 1. The van der Waals surface area contributed by atoms with Crippen LogP contribution in [0.4, 0.5) is 0 Å². The standard InChI is InChI=1S/C27H25NO4/c1-17-7-6-8-19(11-17)12-24-25(29)22-13-21-15-28(14-20-9-4-5-10-23(20)30-3)16-31-26(21)18(2)27(22)32-24/h4-13H,14-16H2,1-3H3/b24-12-. The predicted molar refractivity (Wildman–Crippen MR) is 123 cm³/mol. The molecular formula is C27H25NO4. The van der Waals surface area contributed by atoms with Crippen LogP contribution in [-0.4, -0.2) is 24.5 Å². The number of carbonyl (C=O) groups excluding carboxylic acids is 1. The van der Waals surface area contributed by atoms with Crippen molar-refractivity contribution in [3.05, 3.63) is 93.7 Å². The summed E-state index contributed by atoms with van der Waals surface area (Å²) in [7, 11) is 1.68. The molecule has 3 aromatic carbocycles. The maximum atomic E-state index is 13.1. The molecule has 0 fully saturated rings. The van der Waals surface area contributed by atoms with E-state index in [0.717, 1.165) is 39.3 Å². The highest BCUT2D eigenvalue weighted by molar-refractivity contribution is 6.15. The van der Waals surface area contributed by atoms with Gasteiger partial charge in [0.25, 0.3) is 0 Å². The molecule has 2 heterocycles. The van der Waals surface area contributed by atoms with Crippen LogP contribution in [-0.2, 0) is 13.1 Å². The summed E-state index contributed by atoms with van der Waals surface area (Å²) in [6.45, 7) is 5.83. The minimum atomic E-state index is -0.0886. The van der Waals surface area contributed by atoms with Crippen LogP contribution < -0.4 is 14.2 Å². The number of hydrogen-bond donors (Lipinski definition) is 0. The van der Waals surface area contributed by atoms with E-state index in [1.165, 1.54) is 0 Å². The number of carbonyl (C=O) groups is 1. The highest BCUT2D eigenvalue weighted by atomic mass is 16.5. The number of ether oxygens (including phenoxy) is 3. The quantitative estimate of drug-likeness (QED) is 0.530. The summed E-state index contributed by atoms with van der Waals surface area (Å²) in [5.41, 5.74) is 5.65. The minimum Gasteiger partial charge on any atom is -0.496 e. The summed E-state index contributed by atoms with van der Waals surface area (Å²) in [5.74, 6) is 2.53. The van der Waals surface area contributed by atoms with Gasteiger partial charge in [0.05, 0.1) is 12.7 Å². The molecule has 5 nitrogen and oxygen atoms in total. The van der Waals surface area contributed by atoms with Crippen molar-refractivity contribution in [1.82, 2.24) is 4.90 Å². The Morgan fingerprint density at radius 2 is 1.91 bits per heavy atom. The van der Waals surface area contributed by atoms with Crippen LogP contribution in [0, 0.1) is 13.8 Å². The van der Waals surface area contributed by atoms with Gasteiger partial charge < -0.3 is 14.2 Å². The second kappa shape index (κ2) is 8.17. The SMILES string of the molecule is COc1ccccc1CN1COc2c(cc3c(c2C)O/C(=C\c2cccc(C)c2)C3=O)C1. The number of fused-ring (bicyclic) bond motifs is 2. The highest BCUT2D eigenvalue weighted by Crippen LogP contribution is 2.43. The topological polar surface area (TPSA) is 48.0 Å². The average Bonchev–Trinajstić information content (AvgIpc) is 3.10. The molecule has 5 heteroatoms. The van der Waals surface area contributed by atoms with E-state index in [4.69, 9.17) is 14.2 Å². The number of aryl methyl sites for hydroxylation is 1. The largest absolute Gasteiger partial charge is 0.496 e. The number of hydrogen-bond acceptors (Lipinski definition) is 5. The average molecular weight is 428 g/mol. The number of nitrogens with zero attached hydrogens (tertiary/aromatic N) is 1. The second-order valence-electron chi connectivity index (χ2n) is 8.29. The zero-order valence-corrected chi connectivity index (χ0v) is 18.5. The van der Waals surface area contributed by atoms with Crippen LogP contribution in [0.1, 0.15) is 38.2 Å². The monoisotopic (exact) mass is 427 g/mol. The van der Waals surface area contributed by atoms with Crippen molar-refractivity contribution in [2.24, 2.45) is 0 Å². The second-order valence-corrected chi connectivity index (χ2v) is 8.29. The van der Waals surface area contributed by atoms with Gasteiger partial charge in [-0.2, -0.15) is 0 Å². The summed E-state index contributed by atoms with van der Waals surface area (Å²) < 4.78 is 17.6. The summed E-state index contributed by atoms with van der Waals surface area (Å²) >= 11 is 0. The molecule has 0 unspecified atom stereocenters. The van der Waals surface area contributed by atoms with Gasteiger partial charge in [0, 0.05) is 29.8 Å². The molecule has 0 saturated heterocycles. The smallest absolute Gasteiger partial charge is 0.231 e. The first kappa shape index (κ1) is 20.3. The first-order valence-corrected chi connectivity index (χ1v) is 10.7. The first-order chi connectivity index (χ1) is 15.5. The number of ketones is 1. The Hall–Kier alpha value is -3.57. The normalized spacial score (nSPS) is 16.3. The fourth-order valence-corrected chi connectivity index (χ4v) is 4.38. The Morgan fingerprint density at radius 1 is 1.06 bits per heavy atom. The molecule has 2 aliphatic heterocycles. The van der Waals surface area contributed by atoms with E-state index in [1.54, 1.807) is 7.11 Å². The Morgan fingerprint density at radius 3 is 2.72 bits per heavy atom. The first-order valence-electron chi connectivity index (χ1n) is 10.7. The zero-order chi connectivity index (χ0) is 22.2. The van der Waals surface area contributed by atoms with Crippen LogP contribution in [0.25, 0.3) is 6.08 Å². The van der Waals surface area contributed by atoms with Gasteiger partial charge in [-0.05, 0) is 37.6 Å². The molecule has 0 radical (unpaired) electrons. The van der Waals surface area contributed by atoms with Crippen LogP contribution in [0.15, 0.2) is 60.4 Å². The number of allylic oxidation sites excluding steroid dienone is 1. The van der Waals surface area contributed by atoms with Crippen LogP contribution in [0.3, 0.4) is 0 Å². The Labute approximate surface area is 187 Å². The third-order valence-electron chi connectivity index (χ3n) is 5.93. The summed E-state index contributed by atoms with van der Waals surface area (Å²) in [6, 6.07) is 17.9. The molecule has 0 bridgehead atoms. The molecule has 0 spiro atoms. The predicted octanol–water partition coefficient (Wildman–Crippen LogP) is 5.28. The zero-order valence-electron chi connectivity index (χ0n) is 18.5.